The first kappa shape index (κ1) is 15.6. The number of rotatable bonds is 3. The molecule has 5 heteroatoms. The molecule has 0 unspecified atom stereocenters. The van der Waals surface area contributed by atoms with Crippen LogP contribution in [0.4, 0.5) is 5.69 Å². The fourth-order valence-corrected chi connectivity index (χ4v) is 2.41. The number of phenols is 1. The van der Waals surface area contributed by atoms with Crippen molar-refractivity contribution in [2.45, 2.75) is 6.92 Å². The molecule has 0 bridgehead atoms. The van der Waals surface area contributed by atoms with Crippen molar-refractivity contribution in [1.82, 2.24) is 0 Å². The molecule has 2 N–H and O–H groups in total. The Kier molecular flexibility index (Phi) is 4.16. The van der Waals surface area contributed by atoms with Crippen molar-refractivity contribution in [3.05, 3.63) is 66.2 Å². The van der Waals surface area contributed by atoms with E-state index < -0.39 is 11.9 Å². The Morgan fingerprint density at radius 3 is 2.29 bits per heavy atom. The molecule has 0 fully saturated rings. The Morgan fingerprint density at radius 2 is 1.58 bits per heavy atom. The number of nitrogens with one attached hydrogen (secondary N) is 1. The largest absolute Gasteiger partial charge is 0.507 e. The Morgan fingerprint density at radius 1 is 0.958 bits per heavy atom. The lowest BCUT2D eigenvalue weighted by Crippen LogP contribution is -2.14. The summed E-state index contributed by atoms with van der Waals surface area (Å²) in [4.78, 5) is 23.7. The second-order valence-corrected chi connectivity index (χ2v) is 5.26. The summed E-state index contributed by atoms with van der Waals surface area (Å²) in [6.45, 7) is 1.29. The molecule has 0 radical (unpaired) electrons. The van der Waals surface area contributed by atoms with E-state index in [1.807, 2.05) is 24.3 Å². The Bertz CT molecular complexity index is 934. The topological polar surface area (TPSA) is 75.6 Å². The minimum absolute atomic E-state index is 0.115. The van der Waals surface area contributed by atoms with Crippen LogP contribution in [0.15, 0.2) is 60.7 Å². The number of fused-ring (bicyclic) bond motifs is 1. The molecule has 3 aromatic carbocycles. The number of hydrogen-bond donors (Lipinski definition) is 2. The van der Waals surface area contributed by atoms with Gasteiger partial charge in [-0.15, -0.1) is 0 Å². The fraction of sp³-hybridized carbons (Fsp3) is 0.0526. The Hall–Kier alpha value is -3.34. The van der Waals surface area contributed by atoms with Crippen molar-refractivity contribution in [3.8, 4) is 11.5 Å². The van der Waals surface area contributed by atoms with Crippen molar-refractivity contribution >= 4 is 28.3 Å². The van der Waals surface area contributed by atoms with E-state index in [1.54, 1.807) is 36.4 Å². The van der Waals surface area contributed by atoms with E-state index in [1.165, 1.54) is 6.92 Å². The lowest BCUT2D eigenvalue weighted by atomic mass is 10.1. The second kappa shape index (κ2) is 6.42. The standard InChI is InChI=1S/C19H15NO4/c1-12(21)24-18-9-5-4-8-16(18)20-19(23)15-10-13-6-2-3-7-14(13)11-17(15)22/h2-11,22H,1H3,(H,20,23). The lowest BCUT2D eigenvalue weighted by molar-refractivity contribution is -0.131. The zero-order valence-electron chi connectivity index (χ0n) is 12.9. The molecule has 0 aliphatic heterocycles. The second-order valence-electron chi connectivity index (χ2n) is 5.26. The van der Waals surface area contributed by atoms with Crippen LogP contribution in [0.1, 0.15) is 17.3 Å². The van der Waals surface area contributed by atoms with Crippen LogP contribution in [0.5, 0.6) is 11.5 Å². The van der Waals surface area contributed by atoms with Gasteiger partial charge in [-0.25, -0.2) is 0 Å². The molecule has 0 atom stereocenters. The van der Waals surface area contributed by atoms with Gasteiger partial charge in [-0.1, -0.05) is 36.4 Å². The fourth-order valence-electron chi connectivity index (χ4n) is 2.41. The predicted octanol–water partition coefficient (Wildman–Crippen LogP) is 3.72. The highest BCUT2D eigenvalue weighted by Gasteiger charge is 2.15. The molecule has 0 heterocycles. The van der Waals surface area contributed by atoms with Crippen LogP contribution in [0, 0.1) is 0 Å². The zero-order chi connectivity index (χ0) is 17.1. The number of anilines is 1. The van der Waals surface area contributed by atoms with Crippen molar-refractivity contribution in [2.75, 3.05) is 5.32 Å². The maximum absolute atomic E-state index is 12.5. The molecular weight excluding hydrogens is 306 g/mol. The molecule has 120 valence electrons. The number of carbonyl (C=O) groups is 2. The quantitative estimate of drug-likeness (QED) is 0.569. The number of ether oxygens (including phenoxy) is 1. The van der Waals surface area contributed by atoms with E-state index in [9.17, 15) is 14.7 Å². The third kappa shape index (κ3) is 3.20. The summed E-state index contributed by atoms with van der Waals surface area (Å²) in [5, 5.41) is 14.5. The summed E-state index contributed by atoms with van der Waals surface area (Å²) in [7, 11) is 0. The maximum Gasteiger partial charge on any atom is 0.308 e. The highest BCUT2D eigenvalue weighted by atomic mass is 16.5. The van der Waals surface area contributed by atoms with E-state index in [0.29, 0.717) is 5.69 Å². The molecule has 3 rings (SSSR count). The van der Waals surface area contributed by atoms with Gasteiger partial charge in [0.05, 0.1) is 11.3 Å². The maximum atomic E-state index is 12.5. The third-order valence-corrected chi connectivity index (χ3v) is 3.50. The smallest absolute Gasteiger partial charge is 0.308 e. The van der Waals surface area contributed by atoms with Crippen molar-refractivity contribution in [1.29, 1.82) is 0 Å². The Balaban J connectivity index is 1.93. The number of carbonyl (C=O) groups excluding carboxylic acids is 2. The van der Waals surface area contributed by atoms with Gasteiger partial charge >= 0.3 is 5.97 Å². The molecule has 3 aromatic rings. The van der Waals surface area contributed by atoms with Crippen LogP contribution in [0.25, 0.3) is 10.8 Å². The first-order valence-electron chi connectivity index (χ1n) is 7.35. The molecule has 0 saturated heterocycles. The van der Waals surface area contributed by atoms with Gasteiger partial charge < -0.3 is 15.2 Å². The summed E-state index contributed by atoms with van der Waals surface area (Å²) in [6.07, 6.45) is 0. The number of esters is 1. The number of benzene rings is 3. The number of aromatic hydroxyl groups is 1. The number of para-hydroxylation sites is 2. The summed E-state index contributed by atoms with van der Waals surface area (Å²) >= 11 is 0. The van der Waals surface area contributed by atoms with Gasteiger partial charge in [-0.2, -0.15) is 0 Å². The van der Waals surface area contributed by atoms with Crippen LogP contribution in [0.3, 0.4) is 0 Å². The highest BCUT2D eigenvalue weighted by Crippen LogP contribution is 2.28. The SMILES string of the molecule is CC(=O)Oc1ccccc1NC(=O)c1cc2ccccc2cc1O. The van der Waals surface area contributed by atoms with Gasteiger partial charge in [0.1, 0.15) is 5.75 Å². The summed E-state index contributed by atoms with van der Waals surface area (Å²) < 4.78 is 5.07. The number of hydrogen-bond acceptors (Lipinski definition) is 4. The van der Waals surface area contributed by atoms with Gasteiger partial charge in [0.25, 0.3) is 5.91 Å². The first-order valence-corrected chi connectivity index (χ1v) is 7.35. The van der Waals surface area contributed by atoms with E-state index >= 15 is 0 Å². The van der Waals surface area contributed by atoms with E-state index in [0.717, 1.165) is 10.8 Å². The molecule has 0 aliphatic rings. The van der Waals surface area contributed by atoms with E-state index in [4.69, 9.17) is 4.74 Å². The highest BCUT2D eigenvalue weighted by molar-refractivity contribution is 6.09. The van der Waals surface area contributed by atoms with Crippen molar-refractivity contribution in [3.63, 3.8) is 0 Å². The van der Waals surface area contributed by atoms with Gasteiger partial charge in [-0.05, 0) is 35.0 Å². The minimum Gasteiger partial charge on any atom is -0.507 e. The monoisotopic (exact) mass is 321 g/mol. The van der Waals surface area contributed by atoms with Crippen molar-refractivity contribution < 1.29 is 19.4 Å². The average Bonchev–Trinajstić information content (AvgIpc) is 2.55. The molecular formula is C19H15NO4. The molecule has 0 aliphatic carbocycles. The molecule has 5 nitrogen and oxygen atoms in total. The van der Waals surface area contributed by atoms with Crippen molar-refractivity contribution in [2.24, 2.45) is 0 Å². The van der Waals surface area contributed by atoms with Gasteiger partial charge in [0.15, 0.2) is 5.75 Å². The Labute approximate surface area is 138 Å². The summed E-state index contributed by atoms with van der Waals surface area (Å²) in [5.74, 6) is -0.835. The third-order valence-electron chi connectivity index (χ3n) is 3.50. The zero-order valence-corrected chi connectivity index (χ0v) is 12.9. The molecule has 0 spiro atoms. The lowest BCUT2D eigenvalue weighted by Gasteiger charge is -2.11. The average molecular weight is 321 g/mol. The van der Waals surface area contributed by atoms with Crippen LogP contribution in [-0.4, -0.2) is 17.0 Å². The number of phenolic OH excluding ortho intramolecular Hbond substituents is 1. The minimum atomic E-state index is -0.488. The molecule has 1 amide bonds. The molecule has 0 saturated carbocycles. The van der Waals surface area contributed by atoms with E-state index in [2.05, 4.69) is 5.32 Å². The van der Waals surface area contributed by atoms with Crippen LogP contribution in [0.2, 0.25) is 0 Å². The van der Waals surface area contributed by atoms with Gasteiger partial charge in [0, 0.05) is 6.92 Å². The first-order chi connectivity index (χ1) is 11.5. The van der Waals surface area contributed by atoms with Gasteiger partial charge in [0.2, 0.25) is 0 Å². The van der Waals surface area contributed by atoms with E-state index in [-0.39, 0.29) is 17.1 Å². The summed E-state index contributed by atoms with van der Waals surface area (Å²) in [6, 6.07) is 17.2. The molecule has 0 aromatic heterocycles. The predicted molar refractivity (Wildman–Crippen MR) is 91.3 cm³/mol. The van der Waals surface area contributed by atoms with Gasteiger partial charge in [-0.3, -0.25) is 9.59 Å². The van der Waals surface area contributed by atoms with Crippen LogP contribution >= 0.6 is 0 Å². The van der Waals surface area contributed by atoms with Crippen LogP contribution in [-0.2, 0) is 4.79 Å². The molecule has 24 heavy (non-hydrogen) atoms. The normalized spacial score (nSPS) is 10.4. The van der Waals surface area contributed by atoms with Crippen LogP contribution < -0.4 is 10.1 Å². The summed E-state index contributed by atoms with van der Waals surface area (Å²) in [5.41, 5.74) is 0.497. The number of amides is 1.